The lowest BCUT2D eigenvalue weighted by Crippen LogP contribution is -2.44. The van der Waals surface area contributed by atoms with Crippen molar-refractivity contribution in [2.45, 2.75) is 12.8 Å². The Morgan fingerprint density at radius 1 is 1.14 bits per heavy atom. The minimum absolute atomic E-state index is 0.0290. The van der Waals surface area contributed by atoms with Crippen molar-refractivity contribution >= 4 is 5.69 Å². The summed E-state index contributed by atoms with van der Waals surface area (Å²) in [4.78, 5) is 15.0. The van der Waals surface area contributed by atoms with Gasteiger partial charge in [-0.05, 0) is 25.0 Å². The number of halogens is 3. The highest BCUT2D eigenvalue weighted by atomic mass is 19.1. The summed E-state index contributed by atoms with van der Waals surface area (Å²) < 4.78 is 47.2. The van der Waals surface area contributed by atoms with Gasteiger partial charge in [-0.25, -0.2) is 8.78 Å². The van der Waals surface area contributed by atoms with E-state index in [-0.39, 0.29) is 18.0 Å². The van der Waals surface area contributed by atoms with Crippen LogP contribution < -0.4 is 20.5 Å². The van der Waals surface area contributed by atoms with E-state index in [9.17, 15) is 18.0 Å². The molecule has 2 aromatic rings. The molecule has 0 unspecified atom stereocenters. The second kappa shape index (κ2) is 7.46. The van der Waals surface area contributed by atoms with Gasteiger partial charge in [0, 0.05) is 37.7 Å². The Hall–Kier alpha value is -2.55. The molecule has 1 saturated carbocycles. The van der Waals surface area contributed by atoms with E-state index in [1.54, 1.807) is 0 Å². The van der Waals surface area contributed by atoms with Crippen LogP contribution in [0, 0.1) is 17.0 Å². The molecule has 6 nitrogen and oxygen atoms in total. The summed E-state index contributed by atoms with van der Waals surface area (Å²) in [7, 11) is 0. The third-order valence-corrected chi connectivity index (χ3v) is 5.23. The van der Waals surface area contributed by atoms with Crippen molar-refractivity contribution in [2.24, 2.45) is 5.41 Å². The third kappa shape index (κ3) is 3.71. The summed E-state index contributed by atoms with van der Waals surface area (Å²) in [6, 6.07) is 2.77. The van der Waals surface area contributed by atoms with Crippen LogP contribution in [0.1, 0.15) is 12.8 Å². The molecule has 0 spiro atoms. The lowest BCUT2D eigenvalue weighted by molar-refractivity contribution is 0.197. The van der Waals surface area contributed by atoms with Gasteiger partial charge in [0.1, 0.15) is 17.3 Å². The summed E-state index contributed by atoms with van der Waals surface area (Å²) in [5.74, 6) is -1.60. The van der Waals surface area contributed by atoms with Crippen molar-refractivity contribution in [2.75, 3.05) is 44.4 Å². The fraction of sp³-hybridized carbons (Fsp3) is 0.474. The first kappa shape index (κ1) is 18.8. The van der Waals surface area contributed by atoms with Crippen LogP contribution in [0.3, 0.4) is 0 Å². The van der Waals surface area contributed by atoms with E-state index in [1.807, 2.05) is 4.90 Å². The standard InChI is InChI=1S/C19H21F3N4O2/c20-11-19(1-2-19)12-28-17-16(25-5-3-23-4-6-25)10-24-26(18(17)27)15-8-13(21)7-14(22)9-15/h7-10,23H,1-6,11-12H2. The zero-order valence-corrected chi connectivity index (χ0v) is 15.3. The van der Waals surface area contributed by atoms with Gasteiger partial charge in [-0.15, -0.1) is 0 Å². The molecule has 1 aliphatic carbocycles. The van der Waals surface area contributed by atoms with E-state index in [1.165, 1.54) is 6.20 Å². The largest absolute Gasteiger partial charge is 0.486 e. The SMILES string of the molecule is O=c1c(OCC2(CF)CC2)c(N2CCNCC2)cnn1-c1cc(F)cc(F)c1. The van der Waals surface area contributed by atoms with Crippen molar-refractivity contribution in [3.05, 3.63) is 46.4 Å². The topological polar surface area (TPSA) is 59.4 Å². The van der Waals surface area contributed by atoms with E-state index in [4.69, 9.17) is 4.74 Å². The molecule has 1 aromatic carbocycles. The zero-order chi connectivity index (χ0) is 19.7. The highest BCUT2D eigenvalue weighted by molar-refractivity contribution is 5.57. The predicted octanol–water partition coefficient (Wildman–Crippen LogP) is 2.05. The molecule has 0 atom stereocenters. The van der Waals surface area contributed by atoms with Gasteiger partial charge in [0.2, 0.25) is 5.75 Å². The second-order valence-electron chi connectivity index (χ2n) is 7.36. The second-order valence-corrected chi connectivity index (χ2v) is 7.36. The maximum absolute atomic E-state index is 13.6. The number of anilines is 1. The molecule has 2 aliphatic rings. The predicted molar refractivity (Wildman–Crippen MR) is 98.0 cm³/mol. The Balaban J connectivity index is 1.74. The highest BCUT2D eigenvalue weighted by Crippen LogP contribution is 2.46. The Labute approximate surface area is 159 Å². The number of nitrogens with zero attached hydrogens (tertiary/aromatic N) is 3. The minimum Gasteiger partial charge on any atom is -0.486 e. The van der Waals surface area contributed by atoms with E-state index in [0.717, 1.165) is 36.0 Å². The van der Waals surface area contributed by atoms with E-state index in [0.29, 0.717) is 31.6 Å². The van der Waals surface area contributed by atoms with Gasteiger partial charge in [-0.2, -0.15) is 9.78 Å². The number of hydrogen-bond donors (Lipinski definition) is 1. The maximum atomic E-state index is 13.6. The summed E-state index contributed by atoms with van der Waals surface area (Å²) in [5, 5.41) is 7.33. The van der Waals surface area contributed by atoms with E-state index < -0.39 is 29.3 Å². The van der Waals surface area contributed by atoms with Crippen LogP contribution in [0.15, 0.2) is 29.2 Å². The fourth-order valence-electron chi connectivity index (χ4n) is 3.26. The number of piperazine rings is 1. The first-order valence-electron chi connectivity index (χ1n) is 9.25. The molecule has 1 saturated heterocycles. The molecule has 2 heterocycles. The number of hydrogen-bond acceptors (Lipinski definition) is 5. The molecule has 2 fully saturated rings. The van der Waals surface area contributed by atoms with Crippen molar-refractivity contribution < 1.29 is 17.9 Å². The van der Waals surface area contributed by atoms with E-state index >= 15 is 0 Å². The van der Waals surface area contributed by atoms with Gasteiger partial charge < -0.3 is 15.0 Å². The first-order chi connectivity index (χ1) is 13.5. The molecule has 1 aliphatic heterocycles. The van der Waals surface area contributed by atoms with Crippen molar-refractivity contribution in [1.82, 2.24) is 15.1 Å². The van der Waals surface area contributed by atoms with Crippen LogP contribution in [-0.4, -0.2) is 49.2 Å². The monoisotopic (exact) mass is 394 g/mol. The zero-order valence-electron chi connectivity index (χ0n) is 15.3. The smallest absolute Gasteiger partial charge is 0.316 e. The summed E-state index contributed by atoms with van der Waals surface area (Å²) >= 11 is 0. The number of nitrogens with one attached hydrogen (secondary N) is 1. The molecule has 0 amide bonds. The van der Waals surface area contributed by atoms with Crippen LogP contribution in [-0.2, 0) is 0 Å². The van der Waals surface area contributed by atoms with E-state index in [2.05, 4.69) is 10.4 Å². The lowest BCUT2D eigenvalue weighted by Gasteiger charge is -2.30. The number of benzene rings is 1. The van der Waals surface area contributed by atoms with Crippen LogP contribution in [0.4, 0.5) is 18.9 Å². The number of aromatic nitrogens is 2. The minimum atomic E-state index is -0.813. The van der Waals surface area contributed by atoms with Gasteiger partial charge in [0.25, 0.3) is 0 Å². The molecular formula is C19H21F3N4O2. The Kier molecular flexibility index (Phi) is 5.01. The summed E-state index contributed by atoms with van der Waals surface area (Å²) in [6.45, 7) is 2.37. The quantitative estimate of drug-likeness (QED) is 0.813. The van der Waals surface area contributed by atoms with Crippen molar-refractivity contribution in [1.29, 1.82) is 0 Å². The lowest BCUT2D eigenvalue weighted by atomic mass is 10.1. The molecule has 9 heteroatoms. The molecule has 0 radical (unpaired) electrons. The molecule has 4 rings (SSSR count). The molecule has 28 heavy (non-hydrogen) atoms. The Bertz CT molecular complexity index is 904. The molecule has 150 valence electrons. The summed E-state index contributed by atoms with van der Waals surface area (Å²) in [6.07, 6.45) is 2.88. The van der Waals surface area contributed by atoms with Crippen molar-refractivity contribution in [3.8, 4) is 11.4 Å². The van der Waals surface area contributed by atoms with Gasteiger partial charge in [-0.1, -0.05) is 0 Å². The van der Waals surface area contributed by atoms with Gasteiger partial charge in [-0.3, -0.25) is 9.18 Å². The highest BCUT2D eigenvalue weighted by Gasteiger charge is 2.44. The Morgan fingerprint density at radius 3 is 2.43 bits per heavy atom. The number of ether oxygens (including phenoxy) is 1. The summed E-state index contributed by atoms with van der Waals surface area (Å²) in [5.41, 5.74) is -0.692. The van der Waals surface area contributed by atoms with Gasteiger partial charge in [0.05, 0.1) is 25.2 Å². The number of rotatable bonds is 6. The molecular weight excluding hydrogens is 373 g/mol. The normalized spacial score (nSPS) is 18.2. The fourth-order valence-corrected chi connectivity index (χ4v) is 3.26. The molecule has 1 aromatic heterocycles. The number of alkyl halides is 1. The molecule has 0 bridgehead atoms. The van der Waals surface area contributed by atoms with Crippen LogP contribution in [0.5, 0.6) is 5.75 Å². The first-order valence-corrected chi connectivity index (χ1v) is 9.25. The van der Waals surface area contributed by atoms with Crippen LogP contribution >= 0.6 is 0 Å². The molecule has 1 N–H and O–H groups in total. The third-order valence-electron chi connectivity index (χ3n) is 5.23. The Morgan fingerprint density at radius 2 is 1.82 bits per heavy atom. The van der Waals surface area contributed by atoms with Crippen molar-refractivity contribution in [3.63, 3.8) is 0 Å². The van der Waals surface area contributed by atoms with Gasteiger partial charge in [0.15, 0.2) is 0 Å². The van der Waals surface area contributed by atoms with Gasteiger partial charge >= 0.3 is 5.56 Å². The average molecular weight is 394 g/mol. The van der Waals surface area contributed by atoms with Crippen LogP contribution in [0.25, 0.3) is 5.69 Å². The maximum Gasteiger partial charge on any atom is 0.316 e. The van der Waals surface area contributed by atoms with Crippen LogP contribution in [0.2, 0.25) is 0 Å². The average Bonchev–Trinajstić information content (AvgIpc) is 3.47.